The first-order valence-electron chi connectivity index (χ1n) is 9.43. The number of nitrogens with zero attached hydrogens (tertiary/aromatic N) is 2. The maximum atomic E-state index is 12.2. The maximum absolute atomic E-state index is 12.2. The SMILES string of the molecule is CCC(=O)N1CCC(NC(=NC)NCCCS(=O)(=O)Cc2ccccc2)C1.I. The van der Waals surface area contributed by atoms with Crippen LogP contribution >= 0.6 is 24.0 Å². The molecule has 0 aliphatic carbocycles. The molecule has 1 aromatic carbocycles. The van der Waals surface area contributed by atoms with Gasteiger partial charge in [-0.15, -0.1) is 24.0 Å². The Hall–Kier alpha value is -1.36. The minimum Gasteiger partial charge on any atom is -0.356 e. The number of amides is 1. The zero-order valence-corrected chi connectivity index (χ0v) is 19.7. The highest BCUT2D eigenvalue weighted by molar-refractivity contribution is 14.0. The molecule has 0 aromatic heterocycles. The van der Waals surface area contributed by atoms with Crippen LogP contribution in [0.5, 0.6) is 0 Å². The van der Waals surface area contributed by atoms with E-state index in [1.807, 2.05) is 42.2 Å². The van der Waals surface area contributed by atoms with Gasteiger partial charge in [-0.05, 0) is 18.4 Å². The second-order valence-corrected chi connectivity index (χ2v) is 8.94. The normalized spacial score (nSPS) is 17.1. The van der Waals surface area contributed by atoms with Crippen molar-refractivity contribution in [2.75, 3.05) is 32.4 Å². The molecule has 1 saturated heterocycles. The van der Waals surface area contributed by atoms with Crippen LogP contribution in [0.15, 0.2) is 35.3 Å². The van der Waals surface area contributed by atoms with Crippen molar-refractivity contribution in [3.05, 3.63) is 35.9 Å². The van der Waals surface area contributed by atoms with E-state index in [9.17, 15) is 13.2 Å². The minimum absolute atomic E-state index is 0. The Morgan fingerprint density at radius 2 is 2.00 bits per heavy atom. The van der Waals surface area contributed by atoms with E-state index in [-0.39, 0.29) is 47.4 Å². The molecule has 1 aliphatic rings. The van der Waals surface area contributed by atoms with Gasteiger partial charge in [-0.1, -0.05) is 37.3 Å². The van der Waals surface area contributed by atoms with E-state index in [0.717, 1.165) is 18.5 Å². The quantitative estimate of drug-likeness (QED) is 0.235. The van der Waals surface area contributed by atoms with Gasteiger partial charge in [0.05, 0.1) is 11.5 Å². The van der Waals surface area contributed by atoms with Gasteiger partial charge >= 0.3 is 0 Å². The fourth-order valence-corrected chi connectivity index (χ4v) is 4.54. The number of likely N-dealkylation sites (tertiary alicyclic amines) is 1. The fraction of sp³-hybridized carbons (Fsp3) is 0.579. The van der Waals surface area contributed by atoms with Gasteiger partial charge in [0, 0.05) is 39.1 Å². The first-order chi connectivity index (χ1) is 12.9. The molecule has 9 heteroatoms. The number of hydrogen-bond acceptors (Lipinski definition) is 4. The lowest BCUT2D eigenvalue weighted by molar-refractivity contribution is -0.129. The molecule has 28 heavy (non-hydrogen) atoms. The zero-order chi connectivity index (χ0) is 19.7. The van der Waals surface area contributed by atoms with Gasteiger partial charge < -0.3 is 15.5 Å². The van der Waals surface area contributed by atoms with E-state index in [4.69, 9.17) is 0 Å². The predicted octanol–water partition coefficient (Wildman–Crippen LogP) is 1.79. The van der Waals surface area contributed by atoms with E-state index in [2.05, 4.69) is 15.6 Å². The molecular formula is C19H31IN4O3S. The van der Waals surface area contributed by atoms with Crippen LogP contribution in [-0.4, -0.2) is 63.7 Å². The summed E-state index contributed by atoms with van der Waals surface area (Å²) in [6.45, 7) is 3.84. The third-order valence-electron chi connectivity index (χ3n) is 4.56. The number of carbonyl (C=O) groups excluding carboxylic acids is 1. The first-order valence-corrected chi connectivity index (χ1v) is 11.2. The molecule has 0 bridgehead atoms. The lowest BCUT2D eigenvalue weighted by Crippen LogP contribution is -2.45. The van der Waals surface area contributed by atoms with Crippen LogP contribution in [0.2, 0.25) is 0 Å². The third kappa shape index (κ3) is 8.34. The zero-order valence-electron chi connectivity index (χ0n) is 16.6. The van der Waals surface area contributed by atoms with E-state index < -0.39 is 9.84 Å². The summed E-state index contributed by atoms with van der Waals surface area (Å²) in [6, 6.07) is 9.40. The van der Waals surface area contributed by atoms with Crippen molar-refractivity contribution in [3.8, 4) is 0 Å². The van der Waals surface area contributed by atoms with Crippen molar-refractivity contribution < 1.29 is 13.2 Å². The molecule has 158 valence electrons. The Balaban J connectivity index is 0.00000392. The van der Waals surface area contributed by atoms with Gasteiger partial charge in [0.2, 0.25) is 5.91 Å². The lowest BCUT2D eigenvalue weighted by atomic mass is 10.2. The number of aliphatic imine (C=N–C) groups is 1. The van der Waals surface area contributed by atoms with Crippen molar-refractivity contribution in [2.45, 2.75) is 38.0 Å². The van der Waals surface area contributed by atoms with Gasteiger partial charge in [-0.25, -0.2) is 8.42 Å². The van der Waals surface area contributed by atoms with E-state index in [1.165, 1.54) is 0 Å². The van der Waals surface area contributed by atoms with Crippen LogP contribution in [0.3, 0.4) is 0 Å². The van der Waals surface area contributed by atoms with Crippen molar-refractivity contribution in [1.29, 1.82) is 0 Å². The van der Waals surface area contributed by atoms with Crippen LogP contribution < -0.4 is 10.6 Å². The lowest BCUT2D eigenvalue weighted by Gasteiger charge is -2.18. The fourth-order valence-electron chi connectivity index (χ4n) is 3.12. The van der Waals surface area contributed by atoms with Gasteiger partial charge in [0.15, 0.2) is 15.8 Å². The molecule has 0 spiro atoms. The molecule has 0 radical (unpaired) electrons. The molecule has 7 nitrogen and oxygen atoms in total. The first kappa shape index (κ1) is 24.7. The van der Waals surface area contributed by atoms with Crippen LogP contribution in [0.4, 0.5) is 0 Å². The smallest absolute Gasteiger partial charge is 0.222 e. The maximum Gasteiger partial charge on any atom is 0.222 e. The number of nitrogens with one attached hydrogen (secondary N) is 2. The topological polar surface area (TPSA) is 90.9 Å². The third-order valence-corrected chi connectivity index (χ3v) is 6.25. The summed E-state index contributed by atoms with van der Waals surface area (Å²) in [5.74, 6) is 1.02. The van der Waals surface area contributed by atoms with Gasteiger partial charge in [0.1, 0.15) is 0 Å². The molecule has 1 heterocycles. The van der Waals surface area contributed by atoms with E-state index in [1.54, 1.807) is 7.05 Å². The Bertz CT molecular complexity index is 741. The van der Waals surface area contributed by atoms with Gasteiger partial charge in [0.25, 0.3) is 0 Å². The second-order valence-electron chi connectivity index (χ2n) is 6.75. The molecule has 1 aliphatic heterocycles. The Labute approximate surface area is 185 Å². The van der Waals surface area contributed by atoms with Crippen LogP contribution in [-0.2, 0) is 20.4 Å². The predicted molar refractivity (Wildman–Crippen MR) is 124 cm³/mol. The standard InChI is InChI=1S/C19H30N4O3S.HI/c1-3-18(24)23-12-10-17(14-23)22-19(20-2)21-11-7-13-27(25,26)15-16-8-5-4-6-9-16;/h4-6,8-9,17H,3,7,10-15H2,1-2H3,(H2,20,21,22);1H. The van der Waals surface area contributed by atoms with Crippen LogP contribution in [0.25, 0.3) is 0 Å². The molecule has 2 rings (SSSR count). The summed E-state index contributed by atoms with van der Waals surface area (Å²) >= 11 is 0. The average molecular weight is 522 g/mol. The molecule has 1 aromatic rings. The second kappa shape index (κ2) is 12.3. The highest BCUT2D eigenvalue weighted by Gasteiger charge is 2.25. The summed E-state index contributed by atoms with van der Waals surface area (Å²) < 4.78 is 24.4. The molecule has 1 atom stereocenters. The summed E-state index contributed by atoms with van der Waals surface area (Å²) in [7, 11) is -1.44. The summed E-state index contributed by atoms with van der Waals surface area (Å²) in [4.78, 5) is 17.8. The minimum atomic E-state index is -3.13. The highest BCUT2D eigenvalue weighted by Crippen LogP contribution is 2.10. The summed E-state index contributed by atoms with van der Waals surface area (Å²) in [5.41, 5.74) is 0.815. The Morgan fingerprint density at radius 1 is 1.29 bits per heavy atom. The highest BCUT2D eigenvalue weighted by atomic mass is 127. The van der Waals surface area contributed by atoms with E-state index in [0.29, 0.717) is 31.9 Å². The van der Waals surface area contributed by atoms with Crippen LogP contribution in [0.1, 0.15) is 31.7 Å². The van der Waals surface area contributed by atoms with Crippen molar-refractivity contribution in [2.24, 2.45) is 4.99 Å². The van der Waals surface area contributed by atoms with Crippen LogP contribution in [0, 0.1) is 0 Å². The van der Waals surface area contributed by atoms with Gasteiger partial charge in [-0.3, -0.25) is 9.79 Å². The molecule has 0 saturated carbocycles. The van der Waals surface area contributed by atoms with Crippen molar-refractivity contribution >= 4 is 45.7 Å². The molecule has 2 N–H and O–H groups in total. The Morgan fingerprint density at radius 3 is 2.64 bits per heavy atom. The van der Waals surface area contributed by atoms with Crippen molar-refractivity contribution in [1.82, 2.24) is 15.5 Å². The molecule has 1 fully saturated rings. The monoisotopic (exact) mass is 522 g/mol. The average Bonchev–Trinajstić information content (AvgIpc) is 3.12. The largest absolute Gasteiger partial charge is 0.356 e. The number of sulfone groups is 1. The number of carbonyl (C=O) groups is 1. The van der Waals surface area contributed by atoms with E-state index >= 15 is 0 Å². The Kier molecular flexibility index (Phi) is 10.8. The van der Waals surface area contributed by atoms with Gasteiger partial charge in [-0.2, -0.15) is 0 Å². The number of rotatable bonds is 8. The number of benzene rings is 1. The molecule has 1 amide bonds. The van der Waals surface area contributed by atoms with Crippen molar-refractivity contribution in [3.63, 3.8) is 0 Å². The molecular weight excluding hydrogens is 491 g/mol. The summed E-state index contributed by atoms with van der Waals surface area (Å²) in [5, 5.41) is 6.47. The number of hydrogen-bond donors (Lipinski definition) is 2. The number of halogens is 1. The number of guanidine groups is 1. The molecule has 1 unspecified atom stereocenters. The summed E-state index contributed by atoms with van der Waals surface area (Å²) in [6.07, 6.45) is 1.93.